The highest BCUT2D eigenvalue weighted by molar-refractivity contribution is 7.99. The van der Waals surface area contributed by atoms with Gasteiger partial charge in [0.05, 0.1) is 28.9 Å². The summed E-state index contributed by atoms with van der Waals surface area (Å²) in [5.74, 6) is -0.937. The molecular weight excluding hydrogens is 449 g/mol. The van der Waals surface area contributed by atoms with Crippen molar-refractivity contribution in [2.24, 2.45) is 0 Å². The molecule has 8 heteroatoms. The molecule has 1 heterocycles. The van der Waals surface area contributed by atoms with E-state index in [1.165, 1.54) is 16.7 Å². The van der Waals surface area contributed by atoms with Gasteiger partial charge in [-0.05, 0) is 48.4 Å². The minimum Gasteiger partial charge on any atom is -0.323 e. The SMILES string of the molecule is Cc1ccc(NC(=O)CSc2nc3ccccc3c(=O)n2Cc2ccccc2Cl)c(F)c1. The predicted molar refractivity (Wildman–Crippen MR) is 127 cm³/mol. The average molecular weight is 468 g/mol. The van der Waals surface area contributed by atoms with E-state index in [2.05, 4.69) is 10.3 Å². The number of hydrogen-bond acceptors (Lipinski definition) is 4. The number of anilines is 1. The van der Waals surface area contributed by atoms with Crippen LogP contribution in [0.15, 0.2) is 76.7 Å². The van der Waals surface area contributed by atoms with Crippen molar-refractivity contribution in [2.45, 2.75) is 18.6 Å². The molecule has 0 aliphatic carbocycles. The number of benzene rings is 3. The summed E-state index contributed by atoms with van der Waals surface area (Å²) >= 11 is 7.41. The molecule has 162 valence electrons. The fourth-order valence-corrected chi connectivity index (χ4v) is 4.23. The molecule has 1 amide bonds. The zero-order valence-corrected chi connectivity index (χ0v) is 18.7. The second kappa shape index (κ2) is 9.54. The lowest BCUT2D eigenvalue weighted by molar-refractivity contribution is -0.113. The zero-order valence-electron chi connectivity index (χ0n) is 17.1. The highest BCUT2D eigenvalue weighted by Crippen LogP contribution is 2.22. The minimum atomic E-state index is -0.497. The third kappa shape index (κ3) is 4.84. The standard InChI is InChI=1S/C24H19ClFN3O2S/c1-15-10-11-21(19(26)12-15)27-22(30)14-32-24-28-20-9-5-3-7-17(20)23(31)29(24)13-16-6-2-4-8-18(16)25/h2-12H,13-14H2,1H3,(H,27,30). The Labute approximate surface area is 193 Å². The Bertz CT molecular complexity index is 1370. The van der Waals surface area contributed by atoms with Gasteiger partial charge in [-0.3, -0.25) is 14.2 Å². The van der Waals surface area contributed by atoms with Gasteiger partial charge in [0.2, 0.25) is 5.91 Å². The number of nitrogens with zero attached hydrogens (tertiary/aromatic N) is 2. The van der Waals surface area contributed by atoms with Crippen LogP contribution in [-0.2, 0) is 11.3 Å². The summed E-state index contributed by atoms with van der Waals surface area (Å²) < 4.78 is 15.6. The van der Waals surface area contributed by atoms with Crippen LogP contribution in [-0.4, -0.2) is 21.2 Å². The summed E-state index contributed by atoms with van der Waals surface area (Å²) in [6.45, 7) is 1.99. The highest BCUT2D eigenvalue weighted by atomic mass is 35.5. The summed E-state index contributed by atoms with van der Waals surface area (Å²) in [6, 6.07) is 18.9. The molecule has 0 radical (unpaired) electrons. The first-order valence-corrected chi connectivity index (χ1v) is 11.2. The van der Waals surface area contributed by atoms with Crippen LogP contribution in [0.25, 0.3) is 10.9 Å². The smallest absolute Gasteiger partial charge is 0.262 e. The normalized spacial score (nSPS) is 11.0. The van der Waals surface area contributed by atoms with Crippen LogP contribution in [0.3, 0.4) is 0 Å². The van der Waals surface area contributed by atoms with E-state index in [0.717, 1.165) is 22.9 Å². The quantitative estimate of drug-likeness (QED) is 0.309. The number of halogens is 2. The van der Waals surface area contributed by atoms with Gasteiger partial charge in [0.1, 0.15) is 5.82 Å². The Morgan fingerprint density at radius 3 is 2.66 bits per heavy atom. The van der Waals surface area contributed by atoms with E-state index in [1.54, 1.807) is 43.3 Å². The van der Waals surface area contributed by atoms with Crippen molar-refractivity contribution in [2.75, 3.05) is 11.1 Å². The van der Waals surface area contributed by atoms with Gasteiger partial charge in [-0.1, -0.05) is 59.8 Å². The molecule has 32 heavy (non-hydrogen) atoms. The van der Waals surface area contributed by atoms with E-state index >= 15 is 0 Å². The monoisotopic (exact) mass is 467 g/mol. The first kappa shape index (κ1) is 22.0. The molecule has 1 N–H and O–H groups in total. The third-order valence-corrected chi connectivity index (χ3v) is 6.19. The second-order valence-electron chi connectivity index (χ2n) is 7.21. The van der Waals surface area contributed by atoms with E-state index in [0.29, 0.717) is 21.1 Å². The lowest BCUT2D eigenvalue weighted by atomic mass is 10.2. The number of carbonyl (C=O) groups excluding carboxylic acids is 1. The lowest BCUT2D eigenvalue weighted by Gasteiger charge is -2.14. The van der Waals surface area contributed by atoms with Gasteiger partial charge in [0.15, 0.2) is 5.16 Å². The molecule has 0 atom stereocenters. The van der Waals surface area contributed by atoms with Crippen molar-refractivity contribution >= 4 is 45.9 Å². The number of hydrogen-bond donors (Lipinski definition) is 1. The summed E-state index contributed by atoms with van der Waals surface area (Å²) in [5, 5.41) is 3.97. The third-order valence-electron chi connectivity index (χ3n) is 4.84. The molecule has 0 fully saturated rings. The molecule has 5 nitrogen and oxygen atoms in total. The molecule has 0 aliphatic heterocycles. The van der Waals surface area contributed by atoms with Gasteiger partial charge >= 0.3 is 0 Å². The molecule has 4 rings (SSSR count). The number of aromatic nitrogens is 2. The van der Waals surface area contributed by atoms with Crippen molar-refractivity contribution in [3.05, 3.63) is 99.1 Å². The Hall–Kier alpha value is -3.16. The summed E-state index contributed by atoms with van der Waals surface area (Å²) in [5.41, 5.74) is 1.96. The molecule has 0 unspecified atom stereocenters. The van der Waals surface area contributed by atoms with E-state index in [1.807, 2.05) is 18.2 Å². The summed E-state index contributed by atoms with van der Waals surface area (Å²) in [4.78, 5) is 30.3. The number of aryl methyl sites for hydroxylation is 1. The van der Waals surface area contributed by atoms with Crippen LogP contribution in [0.2, 0.25) is 5.02 Å². The topological polar surface area (TPSA) is 64.0 Å². The van der Waals surface area contributed by atoms with E-state index in [-0.39, 0.29) is 23.5 Å². The van der Waals surface area contributed by atoms with Crippen molar-refractivity contribution < 1.29 is 9.18 Å². The number of nitrogens with one attached hydrogen (secondary N) is 1. The molecule has 0 saturated carbocycles. The van der Waals surface area contributed by atoms with Crippen LogP contribution >= 0.6 is 23.4 Å². The Morgan fingerprint density at radius 1 is 1.12 bits per heavy atom. The molecule has 0 bridgehead atoms. The number of fused-ring (bicyclic) bond motifs is 1. The fourth-order valence-electron chi connectivity index (χ4n) is 3.23. The molecule has 0 saturated heterocycles. The minimum absolute atomic E-state index is 0.0411. The summed E-state index contributed by atoms with van der Waals surface area (Å²) in [6.07, 6.45) is 0. The first-order chi connectivity index (χ1) is 15.4. The van der Waals surface area contributed by atoms with Gasteiger partial charge in [-0.25, -0.2) is 9.37 Å². The number of rotatable bonds is 6. The number of amides is 1. The lowest BCUT2D eigenvalue weighted by Crippen LogP contribution is -2.25. The van der Waals surface area contributed by atoms with E-state index in [4.69, 9.17) is 11.6 Å². The Balaban J connectivity index is 1.62. The van der Waals surface area contributed by atoms with Crippen molar-refractivity contribution in [1.82, 2.24) is 9.55 Å². The maximum Gasteiger partial charge on any atom is 0.262 e. The van der Waals surface area contributed by atoms with Gasteiger partial charge < -0.3 is 5.32 Å². The Kier molecular flexibility index (Phi) is 6.58. The van der Waals surface area contributed by atoms with E-state index < -0.39 is 11.7 Å². The van der Waals surface area contributed by atoms with Gasteiger partial charge in [0, 0.05) is 5.02 Å². The van der Waals surface area contributed by atoms with E-state index in [9.17, 15) is 14.0 Å². The van der Waals surface area contributed by atoms with Crippen molar-refractivity contribution in [3.63, 3.8) is 0 Å². The molecular formula is C24H19ClFN3O2S. The molecule has 4 aromatic rings. The summed E-state index contributed by atoms with van der Waals surface area (Å²) in [7, 11) is 0. The van der Waals surface area contributed by atoms with Crippen LogP contribution in [0.5, 0.6) is 0 Å². The van der Waals surface area contributed by atoms with Crippen molar-refractivity contribution in [1.29, 1.82) is 0 Å². The predicted octanol–water partition coefficient (Wildman–Crippen LogP) is 5.28. The van der Waals surface area contributed by atoms with Gasteiger partial charge in [-0.15, -0.1) is 0 Å². The first-order valence-electron chi connectivity index (χ1n) is 9.84. The maximum absolute atomic E-state index is 14.1. The number of para-hydroxylation sites is 1. The van der Waals surface area contributed by atoms with Crippen molar-refractivity contribution in [3.8, 4) is 0 Å². The average Bonchev–Trinajstić information content (AvgIpc) is 2.78. The second-order valence-corrected chi connectivity index (χ2v) is 8.56. The number of carbonyl (C=O) groups is 1. The number of thioether (sulfide) groups is 1. The molecule has 0 spiro atoms. The Morgan fingerprint density at radius 2 is 1.88 bits per heavy atom. The van der Waals surface area contributed by atoms with Crippen LogP contribution in [0.1, 0.15) is 11.1 Å². The van der Waals surface area contributed by atoms with Gasteiger partial charge in [-0.2, -0.15) is 0 Å². The molecule has 0 aliphatic rings. The van der Waals surface area contributed by atoms with Crippen LogP contribution in [0, 0.1) is 12.7 Å². The van der Waals surface area contributed by atoms with Crippen LogP contribution in [0.4, 0.5) is 10.1 Å². The maximum atomic E-state index is 14.1. The molecule has 3 aromatic carbocycles. The van der Waals surface area contributed by atoms with Gasteiger partial charge in [0.25, 0.3) is 5.56 Å². The zero-order chi connectivity index (χ0) is 22.7. The van der Waals surface area contributed by atoms with Crippen LogP contribution < -0.4 is 10.9 Å². The molecule has 1 aromatic heterocycles. The largest absolute Gasteiger partial charge is 0.323 e. The fraction of sp³-hybridized carbons (Fsp3) is 0.125. The highest BCUT2D eigenvalue weighted by Gasteiger charge is 2.15.